The van der Waals surface area contributed by atoms with E-state index in [9.17, 15) is 17.6 Å². The molecule has 0 bridgehead atoms. The zero-order valence-corrected chi connectivity index (χ0v) is 17.3. The van der Waals surface area contributed by atoms with E-state index in [1.807, 2.05) is 24.6 Å². The minimum Gasteiger partial charge on any atom is -0.344 e. The third kappa shape index (κ3) is 4.71. The van der Waals surface area contributed by atoms with Crippen molar-refractivity contribution in [3.05, 3.63) is 82.7 Å². The van der Waals surface area contributed by atoms with Gasteiger partial charge in [0.2, 0.25) is 15.8 Å². The van der Waals surface area contributed by atoms with E-state index >= 15 is 0 Å². The molecule has 29 heavy (non-hydrogen) atoms. The number of hydrogen-bond donors (Lipinski definition) is 1. The van der Waals surface area contributed by atoms with Crippen LogP contribution in [0.15, 0.2) is 48.7 Å². The predicted octanol–water partition coefficient (Wildman–Crippen LogP) is 3.45. The van der Waals surface area contributed by atoms with Gasteiger partial charge < -0.3 is 4.57 Å². The number of benzene rings is 1. The highest BCUT2D eigenvalue weighted by molar-refractivity contribution is 7.92. The number of aromatic nitrogens is 2. The highest BCUT2D eigenvalue weighted by Crippen LogP contribution is 2.21. The fourth-order valence-corrected chi connectivity index (χ4v) is 3.71. The van der Waals surface area contributed by atoms with E-state index in [0.717, 1.165) is 17.0 Å². The first-order valence-electron chi connectivity index (χ1n) is 9.11. The summed E-state index contributed by atoms with van der Waals surface area (Å²) in [6.45, 7) is 3.42. The third-order valence-electron chi connectivity index (χ3n) is 4.68. The van der Waals surface area contributed by atoms with E-state index in [1.54, 1.807) is 19.1 Å². The van der Waals surface area contributed by atoms with Crippen LogP contribution in [-0.2, 0) is 23.5 Å². The van der Waals surface area contributed by atoms with Crippen LogP contribution in [0.3, 0.4) is 0 Å². The minimum absolute atomic E-state index is 0.0117. The van der Waals surface area contributed by atoms with E-state index in [4.69, 9.17) is 0 Å². The van der Waals surface area contributed by atoms with Crippen LogP contribution < -0.4 is 4.72 Å². The smallest absolute Gasteiger partial charge is 0.232 e. The topological polar surface area (TPSA) is 81.1 Å². The summed E-state index contributed by atoms with van der Waals surface area (Å²) in [4.78, 5) is 17.2. The summed E-state index contributed by atoms with van der Waals surface area (Å²) in [5.74, 6) is -0.572. The summed E-state index contributed by atoms with van der Waals surface area (Å²) >= 11 is 0. The van der Waals surface area contributed by atoms with Gasteiger partial charge in [0.25, 0.3) is 0 Å². The zero-order valence-electron chi connectivity index (χ0n) is 16.4. The number of nitrogens with zero attached hydrogens (tertiary/aromatic N) is 2. The van der Waals surface area contributed by atoms with Gasteiger partial charge in [0, 0.05) is 30.4 Å². The van der Waals surface area contributed by atoms with Gasteiger partial charge in [0.05, 0.1) is 23.3 Å². The van der Waals surface area contributed by atoms with Gasteiger partial charge in [-0.2, -0.15) is 0 Å². The molecule has 0 saturated heterocycles. The number of anilines is 1. The molecule has 152 valence electrons. The average Bonchev–Trinajstić information content (AvgIpc) is 2.96. The quantitative estimate of drug-likeness (QED) is 0.600. The highest BCUT2D eigenvalue weighted by Gasteiger charge is 2.19. The van der Waals surface area contributed by atoms with Crippen LogP contribution in [-0.4, -0.2) is 29.5 Å². The van der Waals surface area contributed by atoms with Crippen LogP contribution in [0.5, 0.6) is 0 Å². The van der Waals surface area contributed by atoms with Crippen molar-refractivity contribution in [3.63, 3.8) is 0 Å². The molecule has 8 heteroatoms. The van der Waals surface area contributed by atoms with Crippen molar-refractivity contribution in [3.8, 4) is 0 Å². The number of aryl methyl sites for hydroxylation is 1. The monoisotopic (exact) mass is 415 g/mol. The molecule has 0 amide bonds. The third-order valence-corrected chi connectivity index (χ3v) is 5.99. The number of hydrogen-bond acceptors (Lipinski definition) is 4. The molecule has 0 aliphatic heterocycles. The molecule has 0 spiro atoms. The summed E-state index contributed by atoms with van der Waals surface area (Å²) in [6.07, 6.45) is 1.96. The summed E-state index contributed by atoms with van der Waals surface area (Å²) < 4.78 is 40.7. The van der Waals surface area contributed by atoms with Crippen molar-refractivity contribution in [1.29, 1.82) is 0 Å². The molecule has 0 radical (unpaired) electrons. The molecule has 6 nitrogen and oxygen atoms in total. The van der Waals surface area contributed by atoms with E-state index in [0.29, 0.717) is 23.4 Å². The fourth-order valence-electron chi connectivity index (χ4n) is 3.09. The Hall–Kier alpha value is -3.00. The number of carbonyl (C=O) groups excluding carboxylic acids is 1. The molecule has 3 aromatic rings. The maximum Gasteiger partial charge on any atom is 0.232 e. The molecule has 0 fully saturated rings. The molecule has 0 aliphatic carbocycles. The second kappa shape index (κ2) is 8.16. The predicted molar refractivity (Wildman–Crippen MR) is 110 cm³/mol. The van der Waals surface area contributed by atoms with Crippen molar-refractivity contribution in [2.45, 2.75) is 20.3 Å². The Kier molecular flexibility index (Phi) is 5.83. The summed E-state index contributed by atoms with van der Waals surface area (Å²) in [5, 5.41) is 0. The maximum atomic E-state index is 13.1. The van der Waals surface area contributed by atoms with Gasteiger partial charge in [0.15, 0.2) is 0 Å². The van der Waals surface area contributed by atoms with E-state index in [1.165, 1.54) is 30.5 Å². The van der Waals surface area contributed by atoms with Gasteiger partial charge in [-0.15, -0.1) is 0 Å². The highest BCUT2D eigenvalue weighted by atomic mass is 32.2. The van der Waals surface area contributed by atoms with E-state index < -0.39 is 10.0 Å². The fraction of sp³-hybridized carbons (Fsp3) is 0.238. The van der Waals surface area contributed by atoms with Gasteiger partial charge in [-0.05, 0) is 61.9 Å². The molecule has 0 unspecified atom stereocenters. The van der Waals surface area contributed by atoms with Crippen LogP contribution in [0.25, 0.3) is 0 Å². The first-order chi connectivity index (χ1) is 13.7. The molecule has 2 heterocycles. The van der Waals surface area contributed by atoms with E-state index in [2.05, 4.69) is 9.71 Å². The van der Waals surface area contributed by atoms with Crippen LogP contribution in [0.4, 0.5) is 10.1 Å². The average molecular weight is 415 g/mol. The number of rotatable bonds is 7. The number of nitrogens with one attached hydrogen (secondary N) is 1. The Bertz CT molecular complexity index is 1140. The van der Waals surface area contributed by atoms with Gasteiger partial charge >= 0.3 is 0 Å². The van der Waals surface area contributed by atoms with Crippen LogP contribution in [0.2, 0.25) is 0 Å². The first kappa shape index (κ1) is 20.7. The molecule has 2 aromatic heterocycles. The SMILES string of the molecule is CCS(=O)(=O)Nc1ccc(Cc2cc(C)c(C(=O)c3ccc(F)cc3)n2C)nc1. The normalized spacial score (nSPS) is 11.4. The molecule has 0 aliphatic rings. The molecule has 0 atom stereocenters. The Morgan fingerprint density at radius 3 is 2.45 bits per heavy atom. The van der Waals surface area contributed by atoms with Crippen molar-refractivity contribution in [2.24, 2.45) is 7.05 Å². The molecule has 0 saturated carbocycles. The Labute approximate surface area is 169 Å². The largest absolute Gasteiger partial charge is 0.344 e. The van der Waals surface area contributed by atoms with Crippen molar-refractivity contribution < 1.29 is 17.6 Å². The summed E-state index contributed by atoms with van der Waals surface area (Å²) in [5.41, 5.74) is 3.83. The number of carbonyl (C=O) groups is 1. The Morgan fingerprint density at radius 1 is 1.17 bits per heavy atom. The summed E-state index contributed by atoms with van der Waals surface area (Å²) in [7, 11) is -1.54. The number of halogens is 1. The molecule has 1 aromatic carbocycles. The lowest BCUT2D eigenvalue weighted by Gasteiger charge is -2.09. The number of ketones is 1. The minimum atomic E-state index is -3.35. The van der Waals surface area contributed by atoms with Crippen LogP contribution >= 0.6 is 0 Å². The Balaban J connectivity index is 1.81. The number of sulfonamides is 1. The van der Waals surface area contributed by atoms with Crippen LogP contribution in [0.1, 0.15) is 39.9 Å². The van der Waals surface area contributed by atoms with E-state index in [-0.39, 0.29) is 17.4 Å². The van der Waals surface area contributed by atoms with Gasteiger partial charge in [-0.3, -0.25) is 14.5 Å². The van der Waals surface area contributed by atoms with Gasteiger partial charge in [-0.25, -0.2) is 12.8 Å². The first-order valence-corrected chi connectivity index (χ1v) is 10.8. The Morgan fingerprint density at radius 2 is 1.86 bits per heavy atom. The van der Waals surface area contributed by atoms with Crippen molar-refractivity contribution in [2.75, 3.05) is 10.5 Å². The lowest BCUT2D eigenvalue weighted by atomic mass is 10.1. The molecule has 3 rings (SSSR count). The van der Waals surface area contributed by atoms with Crippen LogP contribution in [0, 0.1) is 12.7 Å². The lowest BCUT2D eigenvalue weighted by molar-refractivity contribution is 0.103. The van der Waals surface area contributed by atoms with Crippen molar-refractivity contribution in [1.82, 2.24) is 9.55 Å². The molecular formula is C21H22FN3O3S. The lowest BCUT2D eigenvalue weighted by Crippen LogP contribution is -2.14. The van der Waals surface area contributed by atoms with Crippen molar-refractivity contribution >= 4 is 21.5 Å². The second-order valence-corrected chi connectivity index (χ2v) is 8.79. The summed E-state index contributed by atoms with van der Waals surface area (Å²) in [6, 6.07) is 10.8. The molecule has 1 N–H and O–H groups in total. The maximum absolute atomic E-state index is 13.1. The number of pyridine rings is 1. The second-order valence-electron chi connectivity index (χ2n) is 6.78. The zero-order chi connectivity index (χ0) is 21.2. The molecular weight excluding hydrogens is 393 g/mol. The van der Waals surface area contributed by atoms with Gasteiger partial charge in [0.1, 0.15) is 5.82 Å². The van der Waals surface area contributed by atoms with Gasteiger partial charge in [-0.1, -0.05) is 0 Å². The standard InChI is InChI=1S/C21H22FN3O3S/c1-4-29(27,28)24-18-10-9-17(23-13-18)12-19-11-14(2)20(25(19)3)21(26)15-5-7-16(22)8-6-15/h5-11,13,24H,4,12H2,1-3H3.